The molecule has 2 heterocycles. The maximum absolute atomic E-state index is 13.9. The van der Waals surface area contributed by atoms with Crippen molar-refractivity contribution < 1.29 is 9.13 Å². The smallest absolute Gasteiger partial charge is 0.167 e. The molecular formula is C15H13FN4O. The molecule has 1 aromatic carbocycles. The summed E-state index contributed by atoms with van der Waals surface area (Å²) in [5.41, 5.74) is 8.65. The molecule has 0 spiro atoms. The second-order valence-electron chi connectivity index (χ2n) is 4.43. The Balaban J connectivity index is 2.11. The van der Waals surface area contributed by atoms with E-state index in [0.29, 0.717) is 11.4 Å². The lowest BCUT2D eigenvalue weighted by Crippen LogP contribution is -1.99. The van der Waals surface area contributed by atoms with Gasteiger partial charge in [0.05, 0.1) is 31.0 Å². The molecule has 0 aliphatic rings. The largest absolute Gasteiger partial charge is 0.494 e. The number of nitrogen functional groups attached to an aromatic ring is 1. The molecule has 0 aliphatic heterocycles. The topological polar surface area (TPSA) is 66.0 Å². The summed E-state index contributed by atoms with van der Waals surface area (Å²) in [5.74, 6) is -0.241. The summed E-state index contributed by atoms with van der Waals surface area (Å²) in [4.78, 5) is 8.18. The Morgan fingerprint density at radius 2 is 2.05 bits per heavy atom. The lowest BCUT2D eigenvalue weighted by Gasteiger charge is -2.11. The van der Waals surface area contributed by atoms with Gasteiger partial charge in [-0.25, -0.2) is 9.37 Å². The Hall–Kier alpha value is -2.89. The van der Waals surface area contributed by atoms with Crippen LogP contribution in [0.25, 0.3) is 16.9 Å². The third kappa shape index (κ3) is 2.31. The molecule has 0 aliphatic carbocycles. The first kappa shape index (κ1) is 13.1. The van der Waals surface area contributed by atoms with Gasteiger partial charge in [0.2, 0.25) is 0 Å². The number of aromatic nitrogens is 3. The molecule has 3 rings (SSSR count). The van der Waals surface area contributed by atoms with Crippen molar-refractivity contribution in [1.29, 1.82) is 0 Å². The van der Waals surface area contributed by atoms with Crippen LogP contribution in [0.1, 0.15) is 0 Å². The van der Waals surface area contributed by atoms with Crippen molar-refractivity contribution in [3.63, 3.8) is 0 Å². The van der Waals surface area contributed by atoms with Crippen molar-refractivity contribution in [2.24, 2.45) is 0 Å². The molecule has 0 fully saturated rings. The van der Waals surface area contributed by atoms with Gasteiger partial charge >= 0.3 is 0 Å². The number of ether oxygens (including phenoxy) is 1. The average Bonchev–Trinajstić information content (AvgIpc) is 2.97. The van der Waals surface area contributed by atoms with E-state index in [1.165, 1.54) is 13.2 Å². The van der Waals surface area contributed by atoms with Gasteiger partial charge in [0, 0.05) is 29.7 Å². The van der Waals surface area contributed by atoms with Crippen molar-refractivity contribution in [3.8, 4) is 22.7 Å². The standard InChI is InChI=1S/C15H13FN4O/c1-21-15-3-2-10(6-12(15)16)20-9-19-8-14(20)11-7-18-5-4-13(11)17/h2-9H,1H3,(H2,17,18). The summed E-state index contributed by atoms with van der Waals surface area (Å²) in [6, 6.07) is 6.42. The molecule has 0 amide bonds. The number of hydrogen-bond acceptors (Lipinski definition) is 4. The number of anilines is 1. The molecule has 0 saturated carbocycles. The number of methoxy groups -OCH3 is 1. The number of nitrogens with zero attached hydrogens (tertiary/aromatic N) is 3. The van der Waals surface area contributed by atoms with Gasteiger partial charge in [0.1, 0.15) is 0 Å². The summed E-state index contributed by atoms with van der Waals surface area (Å²) >= 11 is 0. The molecule has 5 nitrogen and oxygen atoms in total. The van der Waals surface area contributed by atoms with E-state index in [-0.39, 0.29) is 5.75 Å². The van der Waals surface area contributed by atoms with Crippen molar-refractivity contribution in [3.05, 3.63) is 55.0 Å². The SMILES string of the molecule is COc1ccc(-n2cncc2-c2cnccc2N)cc1F. The molecule has 3 aromatic rings. The van der Waals surface area contributed by atoms with E-state index >= 15 is 0 Å². The maximum Gasteiger partial charge on any atom is 0.167 e. The van der Waals surface area contributed by atoms with Crippen molar-refractivity contribution in [1.82, 2.24) is 14.5 Å². The minimum Gasteiger partial charge on any atom is -0.494 e. The molecule has 2 N–H and O–H groups in total. The Kier molecular flexibility index (Phi) is 3.27. The van der Waals surface area contributed by atoms with E-state index in [1.807, 2.05) is 0 Å². The first-order chi connectivity index (χ1) is 10.2. The fourth-order valence-electron chi connectivity index (χ4n) is 2.12. The Morgan fingerprint density at radius 1 is 1.19 bits per heavy atom. The molecule has 0 bridgehead atoms. The highest BCUT2D eigenvalue weighted by molar-refractivity contribution is 5.73. The average molecular weight is 284 g/mol. The van der Waals surface area contributed by atoms with Gasteiger partial charge in [-0.05, 0) is 18.2 Å². The molecule has 0 radical (unpaired) electrons. The number of halogens is 1. The quantitative estimate of drug-likeness (QED) is 0.803. The number of hydrogen-bond donors (Lipinski definition) is 1. The zero-order valence-electron chi connectivity index (χ0n) is 11.3. The van der Waals surface area contributed by atoms with Crippen molar-refractivity contribution in [2.45, 2.75) is 0 Å². The normalized spacial score (nSPS) is 10.6. The van der Waals surface area contributed by atoms with E-state index in [1.54, 1.807) is 47.7 Å². The van der Waals surface area contributed by atoms with Crippen molar-refractivity contribution >= 4 is 5.69 Å². The third-order valence-electron chi connectivity index (χ3n) is 3.18. The van der Waals surface area contributed by atoms with E-state index < -0.39 is 5.82 Å². The first-order valence-corrected chi connectivity index (χ1v) is 6.27. The van der Waals surface area contributed by atoms with Crippen LogP contribution in [-0.2, 0) is 0 Å². The summed E-state index contributed by atoms with van der Waals surface area (Å²) in [5, 5.41) is 0. The van der Waals surface area contributed by atoms with Crippen LogP contribution >= 0.6 is 0 Å². The lowest BCUT2D eigenvalue weighted by molar-refractivity contribution is 0.386. The van der Waals surface area contributed by atoms with Crippen LogP contribution in [0, 0.1) is 5.82 Å². The van der Waals surface area contributed by atoms with Crippen LogP contribution in [-0.4, -0.2) is 21.6 Å². The molecule has 0 atom stereocenters. The van der Waals surface area contributed by atoms with Gasteiger partial charge in [-0.15, -0.1) is 0 Å². The zero-order chi connectivity index (χ0) is 14.8. The van der Waals surface area contributed by atoms with Crippen LogP contribution in [0.2, 0.25) is 0 Å². The summed E-state index contributed by atoms with van der Waals surface area (Å²) in [6.07, 6.45) is 6.54. The second kappa shape index (κ2) is 5.24. The Labute approximate surface area is 120 Å². The fourth-order valence-corrected chi connectivity index (χ4v) is 2.12. The highest BCUT2D eigenvalue weighted by Gasteiger charge is 2.12. The molecule has 21 heavy (non-hydrogen) atoms. The molecule has 2 aromatic heterocycles. The number of imidazole rings is 1. The van der Waals surface area contributed by atoms with Crippen LogP contribution in [0.4, 0.5) is 10.1 Å². The summed E-state index contributed by atoms with van der Waals surface area (Å²) < 4.78 is 20.5. The second-order valence-corrected chi connectivity index (χ2v) is 4.43. The van der Waals surface area contributed by atoms with Crippen LogP contribution in [0.15, 0.2) is 49.2 Å². The highest BCUT2D eigenvalue weighted by atomic mass is 19.1. The molecular weight excluding hydrogens is 271 g/mol. The number of benzene rings is 1. The number of pyridine rings is 1. The van der Waals surface area contributed by atoms with E-state index in [2.05, 4.69) is 9.97 Å². The maximum atomic E-state index is 13.9. The lowest BCUT2D eigenvalue weighted by atomic mass is 10.2. The van der Waals surface area contributed by atoms with Gasteiger partial charge in [-0.2, -0.15) is 0 Å². The van der Waals surface area contributed by atoms with Gasteiger partial charge in [0.15, 0.2) is 11.6 Å². The molecule has 0 unspecified atom stereocenters. The minimum atomic E-state index is -0.436. The first-order valence-electron chi connectivity index (χ1n) is 6.27. The van der Waals surface area contributed by atoms with Crippen LogP contribution < -0.4 is 10.5 Å². The zero-order valence-corrected chi connectivity index (χ0v) is 11.3. The van der Waals surface area contributed by atoms with Gasteiger partial charge < -0.3 is 10.5 Å². The van der Waals surface area contributed by atoms with Gasteiger partial charge in [-0.1, -0.05) is 0 Å². The van der Waals surface area contributed by atoms with Crippen molar-refractivity contribution in [2.75, 3.05) is 12.8 Å². The van der Waals surface area contributed by atoms with Crippen LogP contribution in [0.3, 0.4) is 0 Å². The summed E-state index contributed by atoms with van der Waals surface area (Å²) in [6.45, 7) is 0. The monoisotopic (exact) mass is 284 g/mol. The third-order valence-corrected chi connectivity index (χ3v) is 3.18. The highest BCUT2D eigenvalue weighted by Crippen LogP contribution is 2.28. The number of rotatable bonds is 3. The molecule has 6 heteroatoms. The molecule has 0 saturated heterocycles. The van der Waals surface area contributed by atoms with Gasteiger partial charge in [0.25, 0.3) is 0 Å². The summed E-state index contributed by atoms with van der Waals surface area (Å²) in [7, 11) is 1.43. The predicted octanol–water partition coefficient (Wildman–Crippen LogP) is 2.66. The van der Waals surface area contributed by atoms with E-state index in [9.17, 15) is 4.39 Å². The van der Waals surface area contributed by atoms with Gasteiger partial charge in [-0.3, -0.25) is 9.55 Å². The minimum absolute atomic E-state index is 0.196. The van der Waals surface area contributed by atoms with E-state index in [0.717, 1.165) is 11.3 Å². The fraction of sp³-hybridized carbons (Fsp3) is 0.0667. The predicted molar refractivity (Wildman–Crippen MR) is 77.7 cm³/mol. The number of nitrogens with two attached hydrogens (primary N) is 1. The molecule has 106 valence electrons. The van der Waals surface area contributed by atoms with Crippen LogP contribution in [0.5, 0.6) is 5.75 Å². The Bertz CT molecular complexity index is 785. The van der Waals surface area contributed by atoms with E-state index in [4.69, 9.17) is 10.5 Å². The Morgan fingerprint density at radius 3 is 2.76 bits per heavy atom.